The lowest BCUT2D eigenvalue weighted by Gasteiger charge is -1.96. The fraction of sp³-hybridized carbons (Fsp3) is 0.111. The van der Waals surface area contributed by atoms with Crippen molar-refractivity contribution in [2.45, 2.75) is 10.6 Å². The Morgan fingerprint density at radius 1 is 1.23 bits per heavy atom. The molecular weight excluding hydrogens is 182 g/mol. The number of aromatic nitrogens is 3. The zero-order chi connectivity index (χ0) is 8.93. The molecule has 0 bridgehead atoms. The van der Waals surface area contributed by atoms with Gasteiger partial charge in [0.15, 0.2) is 0 Å². The third-order valence-corrected chi connectivity index (χ3v) is 2.64. The SMILES string of the molecule is c1ccc(SCc2c[nH]nn2)cc1. The van der Waals surface area contributed by atoms with Crippen LogP contribution in [0.5, 0.6) is 0 Å². The standard InChI is InChI=1S/C9H9N3S/c1-2-4-9(5-3-1)13-7-8-6-10-12-11-8/h1-6H,7H2,(H,10,11,12). The van der Waals surface area contributed by atoms with Crippen LogP contribution < -0.4 is 0 Å². The van der Waals surface area contributed by atoms with Gasteiger partial charge in [0.1, 0.15) is 0 Å². The molecule has 0 radical (unpaired) electrons. The van der Waals surface area contributed by atoms with E-state index in [4.69, 9.17) is 0 Å². The minimum Gasteiger partial charge on any atom is -0.265 e. The Kier molecular flexibility index (Phi) is 2.62. The fourth-order valence-electron chi connectivity index (χ4n) is 0.970. The van der Waals surface area contributed by atoms with Crippen molar-refractivity contribution in [2.75, 3.05) is 0 Å². The Hall–Kier alpha value is -1.29. The van der Waals surface area contributed by atoms with Crippen molar-refractivity contribution in [3.63, 3.8) is 0 Å². The van der Waals surface area contributed by atoms with Gasteiger partial charge in [0.05, 0.1) is 5.69 Å². The Labute approximate surface area is 80.6 Å². The zero-order valence-electron chi connectivity index (χ0n) is 6.97. The molecule has 3 nitrogen and oxygen atoms in total. The van der Waals surface area contributed by atoms with Gasteiger partial charge in [-0.3, -0.25) is 5.10 Å². The smallest absolute Gasteiger partial charge is 0.0926 e. The van der Waals surface area contributed by atoms with Crippen molar-refractivity contribution >= 4 is 11.8 Å². The molecule has 0 spiro atoms. The molecule has 1 aromatic carbocycles. The number of aromatic amines is 1. The minimum absolute atomic E-state index is 0.862. The molecule has 0 saturated carbocycles. The number of thioether (sulfide) groups is 1. The molecule has 0 fully saturated rings. The monoisotopic (exact) mass is 191 g/mol. The van der Waals surface area contributed by atoms with E-state index in [1.165, 1.54) is 4.90 Å². The van der Waals surface area contributed by atoms with E-state index in [0.717, 1.165) is 11.4 Å². The molecule has 0 unspecified atom stereocenters. The third kappa shape index (κ3) is 2.32. The van der Waals surface area contributed by atoms with Crippen molar-refractivity contribution in [1.29, 1.82) is 0 Å². The Morgan fingerprint density at radius 2 is 2.08 bits per heavy atom. The van der Waals surface area contributed by atoms with Gasteiger partial charge in [-0.1, -0.05) is 23.4 Å². The maximum atomic E-state index is 3.90. The summed E-state index contributed by atoms with van der Waals surface area (Å²) in [6, 6.07) is 10.3. The molecule has 4 heteroatoms. The van der Waals surface area contributed by atoms with Crippen molar-refractivity contribution in [3.8, 4) is 0 Å². The second-order valence-corrected chi connectivity index (χ2v) is 3.62. The van der Waals surface area contributed by atoms with Gasteiger partial charge in [-0.05, 0) is 12.1 Å². The van der Waals surface area contributed by atoms with Gasteiger partial charge in [0.25, 0.3) is 0 Å². The largest absolute Gasteiger partial charge is 0.265 e. The predicted molar refractivity (Wildman–Crippen MR) is 52.4 cm³/mol. The van der Waals surface area contributed by atoms with Gasteiger partial charge in [0, 0.05) is 16.8 Å². The van der Waals surface area contributed by atoms with Crippen molar-refractivity contribution in [2.24, 2.45) is 0 Å². The molecule has 1 aromatic heterocycles. The first-order valence-electron chi connectivity index (χ1n) is 3.98. The van der Waals surface area contributed by atoms with Gasteiger partial charge < -0.3 is 0 Å². The quantitative estimate of drug-likeness (QED) is 0.755. The molecule has 13 heavy (non-hydrogen) atoms. The topological polar surface area (TPSA) is 41.6 Å². The van der Waals surface area contributed by atoms with Gasteiger partial charge in [-0.25, -0.2) is 0 Å². The van der Waals surface area contributed by atoms with E-state index < -0.39 is 0 Å². The lowest BCUT2D eigenvalue weighted by Crippen LogP contribution is -1.79. The van der Waals surface area contributed by atoms with Crippen LogP contribution in [0.4, 0.5) is 0 Å². The number of nitrogens with zero attached hydrogens (tertiary/aromatic N) is 2. The molecule has 1 N–H and O–H groups in total. The van der Waals surface area contributed by atoms with Crippen LogP contribution in [0.15, 0.2) is 41.4 Å². The fourth-order valence-corrected chi connectivity index (χ4v) is 1.78. The summed E-state index contributed by atoms with van der Waals surface area (Å²) in [7, 11) is 0. The Morgan fingerprint density at radius 3 is 2.77 bits per heavy atom. The highest BCUT2D eigenvalue weighted by molar-refractivity contribution is 7.98. The van der Waals surface area contributed by atoms with Gasteiger partial charge >= 0.3 is 0 Å². The average molecular weight is 191 g/mol. The van der Waals surface area contributed by atoms with Crippen molar-refractivity contribution < 1.29 is 0 Å². The van der Waals surface area contributed by atoms with E-state index in [2.05, 4.69) is 27.5 Å². The summed E-state index contributed by atoms with van der Waals surface area (Å²) in [5.74, 6) is 0.862. The molecule has 0 saturated heterocycles. The molecular formula is C9H9N3S. The molecule has 0 aliphatic heterocycles. The van der Waals surface area contributed by atoms with Gasteiger partial charge in [-0.15, -0.1) is 16.9 Å². The molecule has 0 aliphatic rings. The number of rotatable bonds is 3. The molecule has 2 rings (SSSR count). The maximum absolute atomic E-state index is 3.90. The molecule has 0 amide bonds. The first kappa shape index (κ1) is 8.31. The van der Waals surface area contributed by atoms with Crippen molar-refractivity contribution in [1.82, 2.24) is 15.4 Å². The predicted octanol–water partition coefficient (Wildman–Crippen LogP) is 2.10. The second kappa shape index (κ2) is 4.09. The first-order chi connectivity index (χ1) is 6.45. The van der Waals surface area contributed by atoms with E-state index in [9.17, 15) is 0 Å². The normalized spacial score (nSPS) is 10.2. The maximum Gasteiger partial charge on any atom is 0.0926 e. The number of H-pyrrole nitrogens is 1. The number of hydrogen-bond donors (Lipinski definition) is 1. The number of benzene rings is 1. The van der Waals surface area contributed by atoms with Crippen LogP contribution in [-0.2, 0) is 5.75 Å². The summed E-state index contributed by atoms with van der Waals surface area (Å²) in [6.07, 6.45) is 1.82. The van der Waals surface area contributed by atoms with Crippen LogP contribution in [0.1, 0.15) is 5.69 Å². The molecule has 0 aliphatic carbocycles. The Balaban J connectivity index is 1.94. The molecule has 1 heterocycles. The molecule has 2 aromatic rings. The second-order valence-electron chi connectivity index (χ2n) is 2.57. The number of nitrogens with one attached hydrogen (secondary N) is 1. The first-order valence-corrected chi connectivity index (χ1v) is 4.97. The van der Waals surface area contributed by atoms with E-state index in [1.807, 2.05) is 24.4 Å². The van der Waals surface area contributed by atoms with E-state index >= 15 is 0 Å². The van der Waals surface area contributed by atoms with E-state index in [1.54, 1.807) is 11.8 Å². The number of hydrogen-bond acceptors (Lipinski definition) is 3. The van der Waals surface area contributed by atoms with Gasteiger partial charge in [-0.2, -0.15) is 0 Å². The van der Waals surface area contributed by atoms with Crippen LogP contribution in [0.2, 0.25) is 0 Å². The van der Waals surface area contributed by atoms with Crippen LogP contribution in [0, 0.1) is 0 Å². The lowest BCUT2D eigenvalue weighted by atomic mass is 10.4. The van der Waals surface area contributed by atoms with Crippen LogP contribution in [0.3, 0.4) is 0 Å². The summed E-state index contributed by atoms with van der Waals surface area (Å²) in [6.45, 7) is 0. The summed E-state index contributed by atoms with van der Waals surface area (Å²) in [4.78, 5) is 1.26. The minimum atomic E-state index is 0.862. The lowest BCUT2D eigenvalue weighted by molar-refractivity contribution is 0.926. The van der Waals surface area contributed by atoms with E-state index in [-0.39, 0.29) is 0 Å². The average Bonchev–Trinajstić information content (AvgIpc) is 2.69. The molecule has 0 atom stereocenters. The highest BCUT2D eigenvalue weighted by atomic mass is 32.2. The summed E-state index contributed by atoms with van der Waals surface area (Å²) < 4.78 is 0. The Bertz CT molecular complexity index is 344. The van der Waals surface area contributed by atoms with Crippen LogP contribution >= 0.6 is 11.8 Å². The molecule has 66 valence electrons. The third-order valence-electron chi connectivity index (χ3n) is 1.60. The van der Waals surface area contributed by atoms with E-state index in [0.29, 0.717) is 0 Å². The van der Waals surface area contributed by atoms with Gasteiger partial charge in [0.2, 0.25) is 0 Å². The van der Waals surface area contributed by atoms with Crippen LogP contribution in [-0.4, -0.2) is 15.4 Å². The summed E-state index contributed by atoms with van der Waals surface area (Å²) >= 11 is 1.76. The zero-order valence-corrected chi connectivity index (χ0v) is 7.79. The van der Waals surface area contributed by atoms with Crippen molar-refractivity contribution in [3.05, 3.63) is 42.2 Å². The highest BCUT2D eigenvalue weighted by Gasteiger charge is 1.96. The summed E-state index contributed by atoms with van der Waals surface area (Å²) in [5, 5.41) is 10.2. The van der Waals surface area contributed by atoms with Crippen LogP contribution in [0.25, 0.3) is 0 Å². The highest BCUT2D eigenvalue weighted by Crippen LogP contribution is 2.20. The summed E-state index contributed by atoms with van der Waals surface area (Å²) in [5.41, 5.74) is 0.980.